The van der Waals surface area contributed by atoms with Crippen molar-refractivity contribution in [3.8, 4) is 0 Å². The van der Waals surface area contributed by atoms with Crippen LogP contribution in [0.5, 0.6) is 0 Å². The Morgan fingerprint density at radius 1 is 0.903 bits per heavy atom. The van der Waals surface area contributed by atoms with E-state index in [4.69, 9.17) is 4.74 Å². The summed E-state index contributed by atoms with van der Waals surface area (Å²) < 4.78 is 21.5. The number of benzene rings is 3. The maximum atomic E-state index is 14.8. The second kappa shape index (κ2) is 7.48. The number of rotatable bonds is 5. The summed E-state index contributed by atoms with van der Waals surface area (Å²) in [6, 6.07) is 25.4. The normalized spacial score (nSPS) is 14.0. The Morgan fingerprint density at radius 3 is 2.06 bits per heavy atom. The molecule has 6 heteroatoms. The van der Waals surface area contributed by atoms with Gasteiger partial charge in [0, 0.05) is 22.8 Å². The minimum Gasteiger partial charge on any atom is -0.465 e. The average molecular weight is 436 g/mol. The van der Waals surface area contributed by atoms with Crippen molar-refractivity contribution in [1.29, 1.82) is 0 Å². The van der Waals surface area contributed by atoms with Crippen LogP contribution in [-0.4, -0.2) is 38.9 Å². The molecule has 1 heterocycles. The fourth-order valence-electron chi connectivity index (χ4n) is 4.08. The van der Waals surface area contributed by atoms with Crippen molar-refractivity contribution in [1.82, 2.24) is 3.97 Å². The Morgan fingerprint density at radius 2 is 1.45 bits per heavy atom. The van der Waals surface area contributed by atoms with E-state index in [0.717, 1.165) is 0 Å². The standard InChI is InChI=1S/C25H25NO4S/c1-30-25(28)22-20-16-10-11-17-21(20)26(23(22)24(27)18-12-6-4-7-13-18)31(2,3,29)19-14-8-5-9-15-19/h4-17,24,27H,1-3H3. The number of hydrogen-bond donors (Lipinski definition) is 1. The summed E-state index contributed by atoms with van der Waals surface area (Å²) in [5, 5.41) is 12.1. The van der Waals surface area contributed by atoms with E-state index in [1.165, 1.54) is 7.11 Å². The fraction of sp³-hybridized carbons (Fsp3) is 0.160. The van der Waals surface area contributed by atoms with E-state index < -0.39 is 21.3 Å². The molecule has 0 fully saturated rings. The predicted molar refractivity (Wildman–Crippen MR) is 124 cm³/mol. The molecule has 4 aromatic rings. The van der Waals surface area contributed by atoms with Gasteiger partial charge in [-0.3, -0.25) is 8.18 Å². The second-order valence-corrected chi connectivity index (χ2v) is 12.3. The number of nitrogens with zero attached hydrogens (tertiary/aromatic N) is 1. The van der Waals surface area contributed by atoms with Gasteiger partial charge in [-0.2, -0.15) is 0 Å². The number of hydrogen-bond acceptors (Lipinski definition) is 4. The SMILES string of the molecule is COC(=O)c1c(C(O)c2ccccc2)n(S(C)(C)(=O)c2ccccc2)c2ccccc12. The van der Waals surface area contributed by atoms with Gasteiger partial charge in [0.1, 0.15) is 6.10 Å². The van der Waals surface area contributed by atoms with E-state index in [0.29, 0.717) is 21.4 Å². The first-order valence-electron chi connectivity index (χ1n) is 9.87. The van der Waals surface area contributed by atoms with Gasteiger partial charge in [0.15, 0.2) is 0 Å². The summed E-state index contributed by atoms with van der Waals surface area (Å²) >= 11 is 0. The van der Waals surface area contributed by atoms with Crippen LogP contribution in [0, 0.1) is 0 Å². The zero-order valence-electron chi connectivity index (χ0n) is 17.7. The van der Waals surface area contributed by atoms with Crippen LogP contribution < -0.4 is 0 Å². The van der Waals surface area contributed by atoms with E-state index in [-0.39, 0.29) is 11.3 Å². The van der Waals surface area contributed by atoms with E-state index >= 15 is 0 Å². The zero-order chi connectivity index (χ0) is 22.2. The van der Waals surface area contributed by atoms with Crippen LogP contribution in [0.2, 0.25) is 0 Å². The lowest BCUT2D eigenvalue weighted by Gasteiger charge is -2.39. The van der Waals surface area contributed by atoms with Gasteiger partial charge in [-0.1, -0.05) is 66.7 Å². The molecular formula is C25H25NO4S. The molecule has 0 aliphatic rings. The van der Waals surface area contributed by atoms with Crippen molar-refractivity contribution < 1.29 is 18.8 Å². The molecule has 1 unspecified atom stereocenters. The van der Waals surface area contributed by atoms with Crippen LogP contribution in [0.3, 0.4) is 0 Å². The van der Waals surface area contributed by atoms with Crippen molar-refractivity contribution in [2.24, 2.45) is 0 Å². The molecule has 1 atom stereocenters. The lowest BCUT2D eigenvalue weighted by atomic mass is 10.0. The molecule has 0 saturated carbocycles. The molecule has 1 aromatic heterocycles. The zero-order valence-corrected chi connectivity index (χ0v) is 18.5. The van der Waals surface area contributed by atoms with Gasteiger partial charge in [0.05, 0.1) is 23.9 Å². The largest absolute Gasteiger partial charge is 0.465 e. The van der Waals surface area contributed by atoms with Gasteiger partial charge >= 0.3 is 5.97 Å². The number of carbonyl (C=O) groups excluding carboxylic acids is 1. The molecule has 31 heavy (non-hydrogen) atoms. The number of ether oxygens (including phenoxy) is 1. The number of carbonyl (C=O) groups is 1. The molecule has 160 valence electrons. The number of aliphatic hydroxyl groups excluding tert-OH is 1. The minimum atomic E-state index is -3.79. The van der Waals surface area contributed by atoms with E-state index in [2.05, 4.69) is 0 Å². The highest BCUT2D eigenvalue weighted by molar-refractivity contribution is 8.17. The molecule has 0 radical (unpaired) electrons. The molecule has 0 spiro atoms. The first kappa shape index (κ1) is 21.0. The molecule has 0 amide bonds. The van der Waals surface area contributed by atoms with Crippen molar-refractivity contribution in [2.45, 2.75) is 11.0 Å². The maximum absolute atomic E-state index is 14.8. The molecule has 0 bridgehead atoms. The number of aliphatic hydroxyl groups is 1. The third kappa shape index (κ3) is 3.38. The fourth-order valence-corrected chi connectivity index (χ4v) is 6.72. The number of para-hydroxylation sites is 1. The van der Waals surface area contributed by atoms with Crippen LogP contribution in [0.1, 0.15) is 27.7 Å². The molecule has 3 aromatic carbocycles. The Labute approximate surface area is 181 Å². The Kier molecular flexibility index (Phi) is 5.07. The highest BCUT2D eigenvalue weighted by atomic mass is 32.3. The number of esters is 1. The van der Waals surface area contributed by atoms with Crippen LogP contribution in [-0.2, 0) is 14.0 Å². The summed E-state index contributed by atoms with van der Waals surface area (Å²) in [7, 11) is -2.49. The van der Waals surface area contributed by atoms with Gasteiger partial charge in [-0.25, -0.2) is 4.79 Å². The van der Waals surface area contributed by atoms with Gasteiger partial charge in [-0.15, -0.1) is 0 Å². The monoisotopic (exact) mass is 435 g/mol. The summed E-state index contributed by atoms with van der Waals surface area (Å²) in [5.74, 6) is -0.587. The molecule has 4 rings (SSSR count). The smallest absolute Gasteiger partial charge is 0.340 e. The minimum absolute atomic E-state index is 0.216. The van der Waals surface area contributed by atoms with Crippen molar-refractivity contribution >= 4 is 26.1 Å². The first-order valence-corrected chi connectivity index (χ1v) is 12.6. The van der Waals surface area contributed by atoms with Gasteiger partial charge < -0.3 is 9.84 Å². The summed E-state index contributed by atoms with van der Waals surface area (Å²) in [5.41, 5.74) is 1.66. The summed E-state index contributed by atoms with van der Waals surface area (Å²) in [6.45, 7) is 0. The molecule has 0 saturated heterocycles. The lowest BCUT2D eigenvalue weighted by molar-refractivity contribution is 0.0597. The topological polar surface area (TPSA) is 68.5 Å². The first-order chi connectivity index (χ1) is 14.7. The van der Waals surface area contributed by atoms with Crippen molar-refractivity contribution in [2.75, 3.05) is 19.6 Å². The summed E-state index contributed by atoms with van der Waals surface area (Å²) in [6.07, 6.45) is 2.15. The molecule has 1 N–H and O–H groups in total. The van der Waals surface area contributed by atoms with Gasteiger partial charge in [-0.05, 0) is 33.0 Å². The predicted octanol–water partition coefficient (Wildman–Crippen LogP) is 4.41. The van der Waals surface area contributed by atoms with Crippen LogP contribution in [0.4, 0.5) is 0 Å². The van der Waals surface area contributed by atoms with Gasteiger partial charge in [0.25, 0.3) is 0 Å². The highest BCUT2D eigenvalue weighted by Gasteiger charge is 2.39. The van der Waals surface area contributed by atoms with Crippen LogP contribution in [0.25, 0.3) is 10.9 Å². The third-order valence-electron chi connectivity index (χ3n) is 5.58. The highest BCUT2D eigenvalue weighted by Crippen LogP contribution is 2.43. The number of methoxy groups -OCH3 is 1. The third-order valence-corrected chi connectivity index (χ3v) is 8.65. The summed E-state index contributed by atoms with van der Waals surface area (Å²) in [4.78, 5) is 13.5. The average Bonchev–Trinajstić information content (AvgIpc) is 3.15. The van der Waals surface area contributed by atoms with E-state index in [1.807, 2.05) is 54.6 Å². The van der Waals surface area contributed by atoms with Crippen molar-refractivity contribution in [3.63, 3.8) is 0 Å². The Hall–Kier alpha value is -3.22. The molecule has 0 aliphatic heterocycles. The number of aromatic nitrogens is 1. The van der Waals surface area contributed by atoms with E-state index in [1.54, 1.807) is 46.8 Å². The second-order valence-electron chi connectivity index (χ2n) is 7.95. The molecule has 0 aliphatic carbocycles. The van der Waals surface area contributed by atoms with Crippen LogP contribution >= 0.6 is 0 Å². The van der Waals surface area contributed by atoms with Crippen molar-refractivity contribution in [3.05, 3.63) is 102 Å². The van der Waals surface area contributed by atoms with Gasteiger partial charge in [0.2, 0.25) is 0 Å². The maximum Gasteiger partial charge on any atom is 0.340 e. The Balaban J connectivity index is 2.18. The Bertz CT molecular complexity index is 1320. The quantitative estimate of drug-likeness (QED) is 0.472. The lowest BCUT2D eigenvalue weighted by Crippen LogP contribution is -2.40. The molecule has 5 nitrogen and oxygen atoms in total. The van der Waals surface area contributed by atoms with Crippen LogP contribution in [0.15, 0.2) is 89.8 Å². The number of fused-ring (bicyclic) bond motifs is 1. The van der Waals surface area contributed by atoms with E-state index in [9.17, 15) is 14.1 Å². The molecular weight excluding hydrogens is 410 g/mol.